The first-order valence-electron chi connectivity index (χ1n) is 19.7. The first kappa shape index (κ1) is 38.3. The summed E-state index contributed by atoms with van der Waals surface area (Å²) >= 11 is 0. The first-order valence-corrected chi connectivity index (χ1v) is 19.7. The number of piperazine rings is 1. The van der Waals surface area contributed by atoms with E-state index in [1.54, 1.807) is 24.3 Å². The fourth-order valence-electron chi connectivity index (χ4n) is 8.90. The number of unbranched alkanes of at least 4 members (excludes halogenated alkanes) is 2. The lowest BCUT2D eigenvalue weighted by atomic mass is 9.69. The average Bonchev–Trinajstić information content (AvgIpc) is 3.46. The fourth-order valence-corrected chi connectivity index (χ4v) is 8.90. The number of aromatic hydroxyl groups is 1. The zero-order valence-corrected chi connectivity index (χ0v) is 31.6. The maximum atomic E-state index is 15.0. The van der Waals surface area contributed by atoms with Crippen LogP contribution in [0.2, 0.25) is 0 Å². The highest BCUT2D eigenvalue weighted by Crippen LogP contribution is 2.48. The number of carbonyl (C=O) groups is 3. The Balaban J connectivity index is 0.802. The van der Waals surface area contributed by atoms with Crippen LogP contribution in [0.4, 0.5) is 18.9 Å². The minimum atomic E-state index is -1.00. The maximum Gasteiger partial charge on any atom is 0.262 e. The largest absolute Gasteiger partial charge is 0.503 e. The molecule has 2 saturated heterocycles. The molecule has 0 aromatic heterocycles. The van der Waals surface area contributed by atoms with E-state index in [0.717, 1.165) is 73.7 Å². The first-order chi connectivity index (χ1) is 27.6. The highest BCUT2D eigenvalue weighted by atomic mass is 19.1. The van der Waals surface area contributed by atoms with E-state index < -0.39 is 41.2 Å². The van der Waals surface area contributed by atoms with Gasteiger partial charge in [0, 0.05) is 43.5 Å². The van der Waals surface area contributed by atoms with Crippen molar-refractivity contribution in [2.24, 2.45) is 0 Å². The molecule has 3 atom stereocenters. The van der Waals surface area contributed by atoms with Crippen molar-refractivity contribution in [3.63, 3.8) is 0 Å². The van der Waals surface area contributed by atoms with Crippen LogP contribution in [0.3, 0.4) is 0 Å². The lowest BCUT2D eigenvalue weighted by Gasteiger charge is -2.36. The lowest BCUT2D eigenvalue weighted by molar-refractivity contribution is -0.125. The van der Waals surface area contributed by atoms with Crippen molar-refractivity contribution in [2.75, 3.05) is 44.2 Å². The molecule has 0 saturated carbocycles. The second-order valence-corrected chi connectivity index (χ2v) is 15.4. The summed E-state index contributed by atoms with van der Waals surface area (Å²) in [5, 5.41) is 12.6. The molecule has 2 fully saturated rings. The fraction of sp³-hybridized carbons (Fsp3) is 0.356. The van der Waals surface area contributed by atoms with E-state index >= 15 is 4.39 Å². The number of nitrogens with zero attached hydrogens (tertiary/aromatic N) is 3. The summed E-state index contributed by atoms with van der Waals surface area (Å²) in [6.07, 6.45) is 4.66. The number of nitrogens with one attached hydrogen (secondary N) is 1. The van der Waals surface area contributed by atoms with Crippen molar-refractivity contribution < 1.29 is 37.4 Å². The normalized spacial score (nSPS) is 21.1. The third-order valence-corrected chi connectivity index (χ3v) is 12.0. The minimum Gasteiger partial charge on any atom is -0.503 e. The smallest absolute Gasteiger partial charge is 0.262 e. The molecule has 9 nitrogen and oxygen atoms in total. The molecular weight excluding hydrogens is 734 g/mol. The predicted octanol–water partition coefficient (Wildman–Crippen LogP) is 7.43. The highest BCUT2D eigenvalue weighted by Gasteiger charge is 2.44. The van der Waals surface area contributed by atoms with Gasteiger partial charge < -0.3 is 20.1 Å². The van der Waals surface area contributed by atoms with Crippen LogP contribution >= 0.6 is 0 Å². The number of amides is 3. The minimum absolute atomic E-state index is 0.140. The molecule has 4 aromatic carbocycles. The zero-order valence-electron chi connectivity index (χ0n) is 31.6. The Morgan fingerprint density at radius 1 is 0.789 bits per heavy atom. The van der Waals surface area contributed by atoms with Crippen LogP contribution in [0.1, 0.15) is 93.3 Å². The third kappa shape index (κ3) is 7.62. The molecule has 4 aromatic rings. The summed E-state index contributed by atoms with van der Waals surface area (Å²) in [6, 6.07) is 19.6. The van der Waals surface area contributed by atoms with Crippen molar-refractivity contribution >= 4 is 23.4 Å². The van der Waals surface area contributed by atoms with Gasteiger partial charge in [0.05, 0.1) is 17.7 Å². The Kier molecular flexibility index (Phi) is 10.8. The number of piperidine rings is 1. The summed E-state index contributed by atoms with van der Waals surface area (Å²) in [5.74, 6) is -4.30. The Labute approximate surface area is 329 Å². The maximum absolute atomic E-state index is 15.0. The SMILES string of the molecule is C=C1CCC(N2C(=O)c3ccc(N4CCN(CCCCCOc5ccc([C@@H]6c7cc(F)c(O)c(F)c7CC[C@@H]6c6ccc(F)cc6)cc5)CC4)cc3C2=O)C(=O)N1. The Bertz CT molecular complexity index is 2200. The van der Waals surface area contributed by atoms with E-state index in [-0.39, 0.29) is 17.6 Å². The van der Waals surface area contributed by atoms with Gasteiger partial charge in [-0.1, -0.05) is 30.8 Å². The van der Waals surface area contributed by atoms with Gasteiger partial charge in [0.15, 0.2) is 17.4 Å². The molecule has 3 heterocycles. The molecule has 296 valence electrons. The number of phenols is 1. The van der Waals surface area contributed by atoms with Crippen molar-refractivity contribution in [3.8, 4) is 11.5 Å². The quantitative estimate of drug-likeness (QED) is 0.121. The Hall–Kier alpha value is -5.62. The molecule has 1 aliphatic carbocycles. The Morgan fingerprint density at radius 2 is 1.51 bits per heavy atom. The molecule has 0 bridgehead atoms. The molecule has 8 rings (SSSR count). The highest BCUT2D eigenvalue weighted by molar-refractivity contribution is 6.23. The van der Waals surface area contributed by atoms with Gasteiger partial charge in [-0.3, -0.25) is 24.2 Å². The predicted molar refractivity (Wildman–Crippen MR) is 209 cm³/mol. The molecule has 1 unspecified atom stereocenters. The van der Waals surface area contributed by atoms with Crippen molar-refractivity contribution in [2.45, 2.75) is 62.8 Å². The van der Waals surface area contributed by atoms with Gasteiger partial charge in [-0.2, -0.15) is 0 Å². The number of anilines is 1. The van der Waals surface area contributed by atoms with Gasteiger partial charge in [-0.25, -0.2) is 13.2 Å². The van der Waals surface area contributed by atoms with Crippen LogP contribution < -0.4 is 15.0 Å². The monoisotopic (exact) mass is 778 g/mol. The van der Waals surface area contributed by atoms with Crippen molar-refractivity contribution in [3.05, 3.63) is 136 Å². The van der Waals surface area contributed by atoms with Gasteiger partial charge in [0.25, 0.3) is 11.8 Å². The van der Waals surface area contributed by atoms with E-state index in [1.165, 1.54) is 18.2 Å². The number of fused-ring (bicyclic) bond motifs is 2. The van der Waals surface area contributed by atoms with Crippen LogP contribution in [0.15, 0.2) is 85.1 Å². The van der Waals surface area contributed by atoms with Crippen molar-refractivity contribution in [1.82, 2.24) is 15.1 Å². The third-order valence-electron chi connectivity index (χ3n) is 12.0. The summed E-state index contributed by atoms with van der Waals surface area (Å²) in [7, 11) is 0. The van der Waals surface area contributed by atoms with Crippen LogP contribution in [0.5, 0.6) is 11.5 Å². The van der Waals surface area contributed by atoms with Gasteiger partial charge in [0.2, 0.25) is 5.91 Å². The van der Waals surface area contributed by atoms with Crippen LogP contribution in [-0.2, 0) is 11.2 Å². The zero-order chi connectivity index (χ0) is 39.8. The lowest BCUT2D eigenvalue weighted by Crippen LogP contribution is -2.51. The number of ether oxygens (including phenoxy) is 1. The number of imide groups is 1. The molecule has 4 aliphatic rings. The molecule has 0 radical (unpaired) electrons. The number of benzene rings is 4. The number of rotatable bonds is 11. The number of halogens is 3. The number of hydrogen-bond donors (Lipinski definition) is 2. The number of carbonyl (C=O) groups excluding carboxylic acids is 3. The number of phenolic OH excluding ortho intramolecular Hbond substituents is 1. The second kappa shape index (κ2) is 16.1. The van der Waals surface area contributed by atoms with Crippen LogP contribution in [-0.4, -0.2) is 78.0 Å². The molecular formula is C45H45F3N4O5. The van der Waals surface area contributed by atoms with E-state index in [1.807, 2.05) is 30.3 Å². The summed E-state index contributed by atoms with van der Waals surface area (Å²) in [5.41, 5.74) is 4.69. The van der Waals surface area contributed by atoms with E-state index in [9.17, 15) is 28.3 Å². The second-order valence-electron chi connectivity index (χ2n) is 15.4. The van der Waals surface area contributed by atoms with Crippen molar-refractivity contribution in [1.29, 1.82) is 0 Å². The molecule has 3 amide bonds. The Morgan fingerprint density at radius 3 is 2.25 bits per heavy atom. The average molecular weight is 779 g/mol. The number of hydrogen-bond acceptors (Lipinski definition) is 7. The standard InChI is InChI=1S/C45H45F3N4O5/c1-27-5-18-39(43(54)49-27)52-44(55)35-15-12-31(25-37(35)45(52)56)51-22-20-50(21-23-51)19-3-2-4-24-57-32-13-8-29(9-14-32)40-33(28-6-10-30(46)11-7-28)16-17-34-36(40)26-38(47)42(53)41(34)48/h6-15,25-26,33,39-40,53H,1-5,16-24H2,(H,49,54)/t33-,39?,40+/m1/s1. The molecule has 3 aliphatic heterocycles. The van der Waals surface area contributed by atoms with Gasteiger partial charge in [-0.15, -0.1) is 0 Å². The van der Waals surface area contributed by atoms with Gasteiger partial charge in [-0.05, 0) is 128 Å². The van der Waals surface area contributed by atoms with E-state index in [4.69, 9.17) is 4.74 Å². The van der Waals surface area contributed by atoms with Gasteiger partial charge in [0.1, 0.15) is 17.6 Å². The number of allylic oxidation sites excluding steroid dienone is 1. The van der Waals surface area contributed by atoms with Crippen LogP contribution in [0, 0.1) is 17.5 Å². The topological polar surface area (TPSA) is 102 Å². The van der Waals surface area contributed by atoms with Crippen LogP contribution in [0.25, 0.3) is 0 Å². The summed E-state index contributed by atoms with van der Waals surface area (Å²) < 4.78 is 49.5. The molecule has 0 spiro atoms. The van der Waals surface area contributed by atoms with E-state index in [0.29, 0.717) is 66.0 Å². The van der Waals surface area contributed by atoms with E-state index in [2.05, 4.69) is 21.7 Å². The summed E-state index contributed by atoms with van der Waals surface area (Å²) in [4.78, 5) is 44.8. The molecule has 57 heavy (non-hydrogen) atoms. The summed E-state index contributed by atoms with van der Waals surface area (Å²) in [6.45, 7) is 8.62. The van der Waals surface area contributed by atoms with Gasteiger partial charge >= 0.3 is 0 Å². The molecule has 12 heteroatoms. The molecule has 2 N–H and O–H groups in total.